The number of primary amides is 1. The molecule has 1 heterocycles. The van der Waals surface area contributed by atoms with E-state index in [0.717, 1.165) is 5.56 Å². The van der Waals surface area contributed by atoms with Gasteiger partial charge in [-0.2, -0.15) is 0 Å². The molecule has 1 amide bonds. The van der Waals surface area contributed by atoms with Gasteiger partial charge in [0.05, 0.1) is 0 Å². The predicted molar refractivity (Wildman–Crippen MR) is 130 cm³/mol. The smallest absolute Gasteiger partial charge is 0.375 e. The fourth-order valence-corrected chi connectivity index (χ4v) is 4.90. The lowest BCUT2D eigenvalue weighted by Crippen LogP contribution is -2.57. The lowest BCUT2D eigenvalue weighted by Gasteiger charge is -2.48. The summed E-state index contributed by atoms with van der Waals surface area (Å²) in [5, 5.41) is 0. The van der Waals surface area contributed by atoms with Gasteiger partial charge in [0.15, 0.2) is 5.60 Å². The Morgan fingerprint density at radius 3 is 2.26 bits per heavy atom. The molecule has 6 nitrogen and oxygen atoms in total. The summed E-state index contributed by atoms with van der Waals surface area (Å²) in [5.41, 5.74) is 5.61. The fourth-order valence-electron chi connectivity index (χ4n) is 4.90. The molecule has 1 saturated carbocycles. The second kappa shape index (κ2) is 10.0. The van der Waals surface area contributed by atoms with Gasteiger partial charge in [-0.15, -0.1) is 0 Å². The van der Waals surface area contributed by atoms with E-state index in [1.54, 1.807) is 24.3 Å². The highest BCUT2D eigenvalue weighted by Gasteiger charge is 2.50. The van der Waals surface area contributed by atoms with Crippen LogP contribution in [0.2, 0.25) is 0 Å². The van der Waals surface area contributed by atoms with Gasteiger partial charge in [-0.1, -0.05) is 48.5 Å². The minimum Gasteiger partial charge on any atom is -0.454 e. The number of esters is 1. The second-order valence-electron chi connectivity index (χ2n) is 9.56. The summed E-state index contributed by atoms with van der Waals surface area (Å²) >= 11 is 0. The normalized spacial score (nSPS) is 22.2. The van der Waals surface area contributed by atoms with Gasteiger partial charge in [0.1, 0.15) is 11.6 Å². The van der Waals surface area contributed by atoms with Crippen molar-refractivity contribution >= 4 is 11.9 Å². The lowest BCUT2D eigenvalue weighted by atomic mass is 9.70. The van der Waals surface area contributed by atoms with E-state index < -0.39 is 17.5 Å². The maximum atomic E-state index is 14.4. The molecule has 35 heavy (non-hydrogen) atoms. The molecule has 1 aromatic heterocycles. The molecule has 0 saturated heterocycles. The van der Waals surface area contributed by atoms with Crippen molar-refractivity contribution in [3.63, 3.8) is 0 Å². The van der Waals surface area contributed by atoms with Gasteiger partial charge in [-0.3, -0.25) is 4.79 Å². The van der Waals surface area contributed by atoms with Gasteiger partial charge >= 0.3 is 5.97 Å². The molecule has 4 rings (SSSR count). The van der Waals surface area contributed by atoms with Crippen molar-refractivity contribution in [3.8, 4) is 0 Å². The second-order valence-corrected chi connectivity index (χ2v) is 9.56. The van der Waals surface area contributed by atoms with E-state index in [1.807, 2.05) is 50.5 Å². The molecule has 0 bridgehead atoms. The van der Waals surface area contributed by atoms with Crippen LogP contribution < -0.4 is 5.73 Å². The van der Waals surface area contributed by atoms with Crippen molar-refractivity contribution in [2.24, 2.45) is 5.73 Å². The third-order valence-electron chi connectivity index (χ3n) is 7.24. The molecule has 184 valence electrons. The molecule has 0 aliphatic heterocycles. The number of likely N-dealkylation sites (N-methyl/N-ethyl adjacent to an activating group) is 1. The quantitative estimate of drug-likeness (QED) is 0.482. The highest BCUT2D eigenvalue weighted by Crippen LogP contribution is 2.42. The van der Waals surface area contributed by atoms with Crippen molar-refractivity contribution in [1.82, 2.24) is 4.90 Å². The molecule has 1 aliphatic rings. The predicted octanol–water partition coefficient (Wildman–Crippen LogP) is 4.51. The van der Waals surface area contributed by atoms with E-state index >= 15 is 0 Å². The van der Waals surface area contributed by atoms with Crippen molar-refractivity contribution in [2.75, 3.05) is 14.1 Å². The first-order chi connectivity index (χ1) is 16.7. The van der Waals surface area contributed by atoms with Crippen molar-refractivity contribution in [3.05, 3.63) is 95.2 Å². The lowest BCUT2D eigenvalue weighted by molar-refractivity contribution is -0.144. The van der Waals surface area contributed by atoms with Gasteiger partial charge in [0.2, 0.25) is 5.76 Å². The number of halogens is 1. The van der Waals surface area contributed by atoms with E-state index in [2.05, 4.69) is 4.90 Å². The number of carbonyl (C=O) groups excluding carboxylic acids is 2. The molecule has 0 spiro atoms. The summed E-state index contributed by atoms with van der Waals surface area (Å²) in [6.07, 6.45) is 2.55. The molecule has 0 atom stereocenters. The first-order valence-corrected chi connectivity index (χ1v) is 11.8. The zero-order valence-electron chi connectivity index (χ0n) is 20.1. The van der Waals surface area contributed by atoms with Crippen LogP contribution in [-0.2, 0) is 22.4 Å². The minimum absolute atomic E-state index is 0.0346. The minimum atomic E-state index is -1.43. The summed E-state index contributed by atoms with van der Waals surface area (Å²) in [6, 6.07) is 19.8. The summed E-state index contributed by atoms with van der Waals surface area (Å²) in [6.45, 7) is 0. The number of nitrogens with zero attached hydrogens (tertiary/aromatic N) is 1. The molecule has 0 radical (unpaired) electrons. The first kappa shape index (κ1) is 24.7. The van der Waals surface area contributed by atoms with E-state index in [-0.39, 0.29) is 30.0 Å². The van der Waals surface area contributed by atoms with Crippen LogP contribution in [0, 0.1) is 5.82 Å². The Morgan fingerprint density at radius 1 is 0.971 bits per heavy atom. The van der Waals surface area contributed by atoms with Crippen molar-refractivity contribution in [2.45, 2.75) is 49.7 Å². The average Bonchev–Trinajstić information content (AvgIpc) is 3.31. The molecule has 1 fully saturated rings. The Hall–Kier alpha value is -3.45. The van der Waals surface area contributed by atoms with Crippen molar-refractivity contribution in [1.29, 1.82) is 0 Å². The number of rotatable bonds is 8. The van der Waals surface area contributed by atoms with Crippen LogP contribution in [0.5, 0.6) is 0 Å². The van der Waals surface area contributed by atoms with Crippen LogP contribution in [0.15, 0.2) is 71.1 Å². The molecule has 3 aromatic rings. The number of benzene rings is 2. The van der Waals surface area contributed by atoms with Gasteiger partial charge in [-0.05, 0) is 75.5 Å². The number of carbonyl (C=O) groups is 2. The molecular formula is C28H31FN2O4. The topological polar surface area (TPSA) is 85.8 Å². The SMILES string of the molecule is CN(C)C1(Cc2ccccc2F)CCC(OC(=O)c2ccc(Cc3ccccc3)o2)(C(N)=O)CC1. The zero-order chi connectivity index (χ0) is 25.1. The maximum absolute atomic E-state index is 14.4. The highest BCUT2D eigenvalue weighted by atomic mass is 19.1. The van der Waals surface area contributed by atoms with Crippen LogP contribution in [0.4, 0.5) is 4.39 Å². The molecule has 7 heteroatoms. The third-order valence-corrected chi connectivity index (χ3v) is 7.24. The monoisotopic (exact) mass is 478 g/mol. The number of amides is 1. The van der Waals surface area contributed by atoms with E-state index in [9.17, 15) is 14.0 Å². The highest BCUT2D eigenvalue weighted by molar-refractivity contribution is 5.92. The number of hydrogen-bond acceptors (Lipinski definition) is 5. The van der Waals surface area contributed by atoms with Gasteiger partial charge < -0.3 is 19.8 Å². The Bertz CT molecular complexity index is 1180. The van der Waals surface area contributed by atoms with Crippen LogP contribution in [0.3, 0.4) is 0 Å². The Kier molecular flexibility index (Phi) is 7.08. The molecule has 2 aromatic carbocycles. The standard InChI is InChI=1S/C28H31FN2O4/c1-31(2)27(19-21-10-6-7-11-23(21)29)14-16-28(17-15-27,26(30)33)35-25(32)24-13-12-22(34-24)18-20-8-4-3-5-9-20/h3-13H,14-19H2,1-2H3,(H2,30,33). The molecule has 0 unspecified atom stereocenters. The molecule has 2 N–H and O–H groups in total. The molecular weight excluding hydrogens is 447 g/mol. The van der Waals surface area contributed by atoms with Crippen LogP contribution >= 0.6 is 0 Å². The Morgan fingerprint density at radius 2 is 1.63 bits per heavy atom. The maximum Gasteiger partial charge on any atom is 0.375 e. The number of hydrogen-bond donors (Lipinski definition) is 1. The fraction of sp³-hybridized carbons (Fsp3) is 0.357. The van der Waals surface area contributed by atoms with Crippen LogP contribution in [0.25, 0.3) is 0 Å². The van der Waals surface area contributed by atoms with E-state index in [4.69, 9.17) is 14.9 Å². The third kappa shape index (κ3) is 5.30. The zero-order valence-corrected chi connectivity index (χ0v) is 20.1. The number of furan rings is 1. The van der Waals surface area contributed by atoms with Crippen molar-refractivity contribution < 1.29 is 23.1 Å². The van der Waals surface area contributed by atoms with E-state index in [0.29, 0.717) is 37.0 Å². The first-order valence-electron chi connectivity index (χ1n) is 11.8. The van der Waals surface area contributed by atoms with Crippen LogP contribution in [0.1, 0.15) is 53.1 Å². The number of ether oxygens (including phenoxy) is 1. The number of nitrogens with two attached hydrogens (primary N) is 1. The van der Waals surface area contributed by atoms with Gasteiger partial charge in [0, 0.05) is 12.0 Å². The van der Waals surface area contributed by atoms with E-state index in [1.165, 1.54) is 6.07 Å². The summed E-state index contributed by atoms with van der Waals surface area (Å²) in [5.74, 6) is -0.991. The Balaban J connectivity index is 1.47. The Labute approximate surface area is 204 Å². The summed E-state index contributed by atoms with van der Waals surface area (Å²) in [4.78, 5) is 27.5. The molecule has 1 aliphatic carbocycles. The largest absolute Gasteiger partial charge is 0.454 e. The average molecular weight is 479 g/mol. The van der Waals surface area contributed by atoms with Crippen LogP contribution in [-0.4, -0.2) is 42.0 Å². The summed E-state index contributed by atoms with van der Waals surface area (Å²) < 4.78 is 25.8. The van der Waals surface area contributed by atoms with Gasteiger partial charge in [0.25, 0.3) is 5.91 Å². The summed E-state index contributed by atoms with van der Waals surface area (Å²) in [7, 11) is 3.89. The van der Waals surface area contributed by atoms with Gasteiger partial charge in [-0.25, -0.2) is 9.18 Å².